The monoisotopic (exact) mass is 255 g/mol. The fourth-order valence-corrected chi connectivity index (χ4v) is 1.19. The Balaban J connectivity index is 2.54. The van der Waals surface area contributed by atoms with Gasteiger partial charge in [0.15, 0.2) is 6.10 Å². The van der Waals surface area contributed by atoms with Gasteiger partial charge in [0.25, 0.3) is 0 Å². The first-order valence-corrected chi connectivity index (χ1v) is 5.30. The normalized spacial score (nSPS) is 11.9. The molecule has 0 saturated heterocycles. The van der Waals surface area contributed by atoms with Gasteiger partial charge < -0.3 is 15.2 Å². The van der Waals surface area contributed by atoms with E-state index in [1.54, 1.807) is 6.92 Å². The standard InChI is InChI=1S/C12H14FNO4/c1-7-3-4-9(13)5-10(7)14-11(15)6-18-8(2)12(16)17/h3-5,8H,6H2,1-2H3,(H,14,15)(H,16,17)/t8-/m0/s1. The third-order valence-corrected chi connectivity index (χ3v) is 2.29. The molecule has 0 aromatic heterocycles. The van der Waals surface area contributed by atoms with Gasteiger partial charge in [0.2, 0.25) is 5.91 Å². The molecular formula is C12H14FNO4. The lowest BCUT2D eigenvalue weighted by Crippen LogP contribution is -2.26. The van der Waals surface area contributed by atoms with Crippen LogP contribution in [0.25, 0.3) is 0 Å². The van der Waals surface area contributed by atoms with E-state index in [0.29, 0.717) is 11.3 Å². The molecule has 1 atom stereocenters. The number of halogens is 1. The molecule has 0 bridgehead atoms. The minimum Gasteiger partial charge on any atom is -0.479 e. The van der Waals surface area contributed by atoms with Gasteiger partial charge in [-0.15, -0.1) is 0 Å². The summed E-state index contributed by atoms with van der Waals surface area (Å²) in [5, 5.41) is 11.0. The quantitative estimate of drug-likeness (QED) is 0.837. The average Bonchev–Trinajstić information content (AvgIpc) is 2.30. The second kappa shape index (κ2) is 6.11. The molecule has 0 radical (unpaired) electrons. The maximum absolute atomic E-state index is 13.0. The lowest BCUT2D eigenvalue weighted by atomic mass is 10.2. The molecule has 0 aliphatic carbocycles. The van der Waals surface area contributed by atoms with Crippen LogP contribution in [-0.4, -0.2) is 29.7 Å². The Kier molecular flexibility index (Phi) is 4.79. The molecule has 1 amide bonds. The van der Waals surface area contributed by atoms with Gasteiger partial charge in [-0.25, -0.2) is 9.18 Å². The summed E-state index contributed by atoms with van der Waals surface area (Å²) in [6, 6.07) is 4.01. The number of carboxylic acid groups (broad SMARTS) is 1. The van der Waals surface area contributed by atoms with Crippen molar-refractivity contribution >= 4 is 17.6 Å². The molecule has 98 valence electrons. The number of amides is 1. The van der Waals surface area contributed by atoms with E-state index in [9.17, 15) is 14.0 Å². The molecular weight excluding hydrogens is 241 g/mol. The number of aliphatic carboxylic acids is 1. The Labute approximate surface area is 104 Å². The number of carboxylic acids is 1. The van der Waals surface area contributed by atoms with Crippen LogP contribution in [0.3, 0.4) is 0 Å². The van der Waals surface area contributed by atoms with Gasteiger partial charge >= 0.3 is 5.97 Å². The molecule has 0 saturated carbocycles. The summed E-state index contributed by atoms with van der Waals surface area (Å²) in [6.45, 7) is 2.64. The fraction of sp³-hybridized carbons (Fsp3) is 0.333. The van der Waals surface area contributed by atoms with Crippen molar-refractivity contribution in [3.8, 4) is 0 Å². The van der Waals surface area contributed by atoms with Gasteiger partial charge in [-0.2, -0.15) is 0 Å². The molecule has 0 aliphatic rings. The van der Waals surface area contributed by atoms with E-state index in [-0.39, 0.29) is 0 Å². The van der Waals surface area contributed by atoms with Crippen LogP contribution in [0.4, 0.5) is 10.1 Å². The predicted octanol–water partition coefficient (Wildman–Crippen LogP) is 1.56. The highest BCUT2D eigenvalue weighted by Gasteiger charge is 2.13. The van der Waals surface area contributed by atoms with Gasteiger partial charge in [0, 0.05) is 5.69 Å². The molecule has 5 nitrogen and oxygen atoms in total. The summed E-state index contributed by atoms with van der Waals surface area (Å²) in [7, 11) is 0. The first-order valence-electron chi connectivity index (χ1n) is 5.30. The van der Waals surface area contributed by atoms with E-state index >= 15 is 0 Å². The predicted molar refractivity (Wildman–Crippen MR) is 62.8 cm³/mol. The van der Waals surface area contributed by atoms with Crippen LogP contribution >= 0.6 is 0 Å². The zero-order valence-corrected chi connectivity index (χ0v) is 10.1. The summed E-state index contributed by atoms with van der Waals surface area (Å²) in [6.07, 6.45) is -1.07. The third kappa shape index (κ3) is 4.14. The summed E-state index contributed by atoms with van der Waals surface area (Å²) in [5.74, 6) is -2.14. The highest BCUT2D eigenvalue weighted by Crippen LogP contribution is 2.15. The van der Waals surface area contributed by atoms with Crippen molar-refractivity contribution in [2.24, 2.45) is 0 Å². The van der Waals surface area contributed by atoms with Crippen molar-refractivity contribution < 1.29 is 23.8 Å². The molecule has 1 aromatic carbocycles. The van der Waals surface area contributed by atoms with Gasteiger partial charge in [-0.05, 0) is 31.5 Å². The lowest BCUT2D eigenvalue weighted by molar-refractivity contribution is -0.150. The number of hydrogen-bond acceptors (Lipinski definition) is 3. The first-order chi connectivity index (χ1) is 8.40. The number of anilines is 1. The fourth-order valence-electron chi connectivity index (χ4n) is 1.19. The van der Waals surface area contributed by atoms with Gasteiger partial charge in [-0.3, -0.25) is 4.79 Å². The number of nitrogens with one attached hydrogen (secondary N) is 1. The van der Waals surface area contributed by atoms with E-state index in [1.165, 1.54) is 25.1 Å². The van der Waals surface area contributed by atoms with E-state index in [4.69, 9.17) is 9.84 Å². The van der Waals surface area contributed by atoms with Crippen molar-refractivity contribution in [2.45, 2.75) is 20.0 Å². The summed E-state index contributed by atoms with van der Waals surface area (Å²) >= 11 is 0. The minimum absolute atomic E-state index is 0.339. The molecule has 0 aliphatic heterocycles. The number of benzene rings is 1. The largest absolute Gasteiger partial charge is 0.479 e. The van der Waals surface area contributed by atoms with Gasteiger partial charge in [0.1, 0.15) is 12.4 Å². The van der Waals surface area contributed by atoms with Crippen LogP contribution < -0.4 is 5.32 Å². The van der Waals surface area contributed by atoms with Crippen molar-refractivity contribution in [1.82, 2.24) is 0 Å². The van der Waals surface area contributed by atoms with Crippen molar-refractivity contribution in [2.75, 3.05) is 11.9 Å². The molecule has 0 unspecified atom stereocenters. The maximum Gasteiger partial charge on any atom is 0.332 e. The Bertz CT molecular complexity index is 461. The zero-order chi connectivity index (χ0) is 13.7. The van der Waals surface area contributed by atoms with E-state index in [2.05, 4.69) is 5.32 Å². The number of aryl methyl sites for hydroxylation is 1. The zero-order valence-electron chi connectivity index (χ0n) is 10.1. The highest BCUT2D eigenvalue weighted by atomic mass is 19.1. The molecule has 6 heteroatoms. The number of carbonyl (C=O) groups excluding carboxylic acids is 1. The van der Waals surface area contributed by atoms with Crippen LogP contribution in [0.5, 0.6) is 0 Å². The first kappa shape index (κ1) is 14.1. The van der Waals surface area contributed by atoms with E-state index < -0.39 is 30.4 Å². The van der Waals surface area contributed by atoms with Gasteiger partial charge in [0.05, 0.1) is 0 Å². The average molecular weight is 255 g/mol. The Hall–Kier alpha value is -1.95. The molecule has 1 rings (SSSR count). The molecule has 0 fully saturated rings. The van der Waals surface area contributed by atoms with Crippen molar-refractivity contribution in [3.63, 3.8) is 0 Å². The smallest absolute Gasteiger partial charge is 0.332 e. The minimum atomic E-state index is -1.15. The molecule has 18 heavy (non-hydrogen) atoms. The third-order valence-electron chi connectivity index (χ3n) is 2.29. The van der Waals surface area contributed by atoms with Gasteiger partial charge in [-0.1, -0.05) is 6.07 Å². The topological polar surface area (TPSA) is 75.6 Å². The van der Waals surface area contributed by atoms with Crippen molar-refractivity contribution in [3.05, 3.63) is 29.6 Å². The van der Waals surface area contributed by atoms with Crippen LogP contribution in [0, 0.1) is 12.7 Å². The summed E-state index contributed by atoms with van der Waals surface area (Å²) < 4.78 is 17.8. The van der Waals surface area contributed by atoms with Crippen LogP contribution in [0.15, 0.2) is 18.2 Å². The molecule has 0 spiro atoms. The second-order valence-electron chi connectivity index (χ2n) is 3.80. The Morgan fingerprint density at radius 3 is 2.78 bits per heavy atom. The maximum atomic E-state index is 13.0. The Morgan fingerprint density at radius 2 is 2.17 bits per heavy atom. The van der Waals surface area contributed by atoms with Crippen LogP contribution in [-0.2, 0) is 14.3 Å². The van der Waals surface area contributed by atoms with E-state index in [0.717, 1.165) is 0 Å². The number of carbonyl (C=O) groups is 2. The molecule has 1 aromatic rings. The second-order valence-corrected chi connectivity index (χ2v) is 3.80. The lowest BCUT2D eigenvalue weighted by Gasteiger charge is -2.10. The molecule has 2 N–H and O–H groups in total. The Morgan fingerprint density at radius 1 is 1.50 bits per heavy atom. The van der Waals surface area contributed by atoms with Crippen LogP contribution in [0.2, 0.25) is 0 Å². The highest BCUT2D eigenvalue weighted by molar-refractivity contribution is 5.92. The number of ether oxygens (including phenoxy) is 1. The summed E-state index contributed by atoms with van der Waals surface area (Å²) in [5.41, 5.74) is 1.04. The molecule has 0 heterocycles. The van der Waals surface area contributed by atoms with E-state index in [1.807, 2.05) is 0 Å². The number of rotatable bonds is 5. The SMILES string of the molecule is Cc1ccc(F)cc1NC(=O)CO[C@@H](C)C(=O)O. The summed E-state index contributed by atoms with van der Waals surface area (Å²) in [4.78, 5) is 21.9. The number of hydrogen-bond donors (Lipinski definition) is 2. The van der Waals surface area contributed by atoms with Crippen LogP contribution in [0.1, 0.15) is 12.5 Å². The van der Waals surface area contributed by atoms with Crippen molar-refractivity contribution in [1.29, 1.82) is 0 Å².